The SMILES string of the molecule is Cc1cc(C)nc(-n2cccc2CN2CCN(c3cccc(C)c3C)CC2)n1. The van der Waals surface area contributed by atoms with Gasteiger partial charge in [-0.25, -0.2) is 9.97 Å². The molecule has 0 N–H and O–H groups in total. The average molecular weight is 376 g/mol. The summed E-state index contributed by atoms with van der Waals surface area (Å²) in [6, 6.07) is 12.9. The number of hydrogen-bond donors (Lipinski definition) is 0. The Morgan fingerprint density at radius 1 is 0.857 bits per heavy atom. The van der Waals surface area contributed by atoms with Crippen LogP contribution in [-0.4, -0.2) is 45.6 Å². The normalized spacial score (nSPS) is 15.2. The summed E-state index contributed by atoms with van der Waals surface area (Å²) in [4.78, 5) is 14.3. The molecule has 0 aliphatic carbocycles. The van der Waals surface area contributed by atoms with Gasteiger partial charge in [-0.2, -0.15) is 0 Å². The predicted octanol–water partition coefficient (Wildman–Crippen LogP) is 3.82. The number of anilines is 1. The number of rotatable bonds is 4. The molecule has 4 rings (SSSR count). The molecular weight excluding hydrogens is 346 g/mol. The monoisotopic (exact) mass is 375 g/mol. The minimum absolute atomic E-state index is 0.770. The highest BCUT2D eigenvalue weighted by atomic mass is 15.3. The molecule has 0 spiro atoms. The number of piperazine rings is 1. The molecule has 0 radical (unpaired) electrons. The molecule has 0 atom stereocenters. The van der Waals surface area contributed by atoms with Crippen molar-refractivity contribution in [3.8, 4) is 5.95 Å². The zero-order valence-electron chi connectivity index (χ0n) is 17.3. The van der Waals surface area contributed by atoms with Crippen molar-refractivity contribution >= 4 is 5.69 Å². The molecular formula is C23H29N5. The Hall–Kier alpha value is -2.66. The van der Waals surface area contributed by atoms with Gasteiger partial charge < -0.3 is 4.90 Å². The second kappa shape index (κ2) is 7.76. The first-order valence-corrected chi connectivity index (χ1v) is 10.0. The summed E-state index contributed by atoms with van der Waals surface area (Å²) < 4.78 is 2.12. The molecule has 5 heteroatoms. The van der Waals surface area contributed by atoms with Crippen LogP contribution < -0.4 is 4.90 Å². The first-order valence-electron chi connectivity index (χ1n) is 10.0. The van der Waals surface area contributed by atoms with Gasteiger partial charge in [-0.3, -0.25) is 9.47 Å². The van der Waals surface area contributed by atoms with E-state index >= 15 is 0 Å². The molecule has 3 heterocycles. The molecule has 0 saturated carbocycles. The second-order valence-electron chi connectivity index (χ2n) is 7.80. The number of hydrogen-bond acceptors (Lipinski definition) is 4. The fraction of sp³-hybridized carbons (Fsp3) is 0.391. The Balaban J connectivity index is 1.45. The summed E-state index contributed by atoms with van der Waals surface area (Å²) in [5, 5.41) is 0. The Morgan fingerprint density at radius 3 is 2.29 bits per heavy atom. The molecule has 146 valence electrons. The van der Waals surface area contributed by atoms with Crippen LogP contribution in [-0.2, 0) is 6.54 Å². The third-order valence-electron chi connectivity index (χ3n) is 5.69. The van der Waals surface area contributed by atoms with Gasteiger partial charge in [0.25, 0.3) is 0 Å². The van der Waals surface area contributed by atoms with E-state index in [1.54, 1.807) is 0 Å². The van der Waals surface area contributed by atoms with E-state index in [0.717, 1.165) is 50.1 Å². The first kappa shape index (κ1) is 18.7. The van der Waals surface area contributed by atoms with Gasteiger partial charge in [-0.05, 0) is 63.1 Å². The van der Waals surface area contributed by atoms with Crippen LogP contribution in [0.3, 0.4) is 0 Å². The smallest absolute Gasteiger partial charge is 0.234 e. The Labute approximate surface area is 167 Å². The number of benzene rings is 1. The van der Waals surface area contributed by atoms with E-state index in [1.807, 2.05) is 19.9 Å². The third kappa shape index (κ3) is 3.80. The van der Waals surface area contributed by atoms with Crippen LogP contribution in [0.4, 0.5) is 5.69 Å². The van der Waals surface area contributed by atoms with Crippen molar-refractivity contribution in [2.24, 2.45) is 0 Å². The van der Waals surface area contributed by atoms with E-state index in [-0.39, 0.29) is 0 Å². The summed E-state index contributed by atoms with van der Waals surface area (Å²) in [5.41, 5.74) is 7.40. The summed E-state index contributed by atoms with van der Waals surface area (Å²) in [5.74, 6) is 0.770. The Morgan fingerprint density at radius 2 is 1.57 bits per heavy atom. The maximum atomic E-state index is 4.62. The average Bonchev–Trinajstić information content (AvgIpc) is 3.12. The summed E-state index contributed by atoms with van der Waals surface area (Å²) in [6.45, 7) is 13.6. The van der Waals surface area contributed by atoms with Crippen LogP contribution in [0.2, 0.25) is 0 Å². The summed E-state index contributed by atoms with van der Waals surface area (Å²) in [7, 11) is 0. The van der Waals surface area contributed by atoms with Crippen molar-refractivity contribution in [3.63, 3.8) is 0 Å². The molecule has 3 aromatic rings. The van der Waals surface area contributed by atoms with Crippen LogP contribution in [0.15, 0.2) is 42.6 Å². The highest BCUT2D eigenvalue weighted by molar-refractivity contribution is 5.56. The van der Waals surface area contributed by atoms with Crippen LogP contribution in [0.5, 0.6) is 0 Å². The predicted molar refractivity (Wildman–Crippen MR) is 114 cm³/mol. The van der Waals surface area contributed by atoms with Gasteiger partial charge in [0.15, 0.2) is 0 Å². The van der Waals surface area contributed by atoms with Crippen LogP contribution in [0.25, 0.3) is 5.95 Å². The minimum atomic E-state index is 0.770. The van der Waals surface area contributed by atoms with Crippen LogP contribution in [0.1, 0.15) is 28.2 Å². The van der Waals surface area contributed by atoms with Crippen molar-refractivity contribution in [2.75, 3.05) is 31.1 Å². The van der Waals surface area contributed by atoms with Crippen molar-refractivity contribution in [3.05, 3.63) is 70.8 Å². The Kier molecular flexibility index (Phi) is 5.18. The fourth-order valence-corrected chi connectivity index (χ4v) is 4.01. The number of aromatic nitrogens is 3. The number of aryl methyl sites for hydroxylation is 3. The molecule has 1 aromatic carbocycles. The molecule has 5 nitrogen and oxygen atoms in total. The molecule has 0 amide bonds. The molecule has 1 fully saturated rings. The molecule has 0 bridgehead atoms. The van der Waals surface area contributed by atoms with Crippen molar-refractivity contribution in [1.82, 2.24) is 19.4 Å². The quantitative estimate of drug-likeness (QED) is 0.695. The van der Waals surface area contributed by atoms with E-state index in [2.05, 4.69) is 74.7 Å². The maximum Gasteiger partial charge on any atom is 0.234 e. The lowest BCUT2D eigenvalue weighted by molar-refractivity contribution is 0.245. The molecule has 0 unspecified atom stereocenters. The topological polar surface area (TPSA) is 37.2 Å². The fourth-order valence-electron chi connectivity index (χ4n) is 4.01. The standard InChI is InChI=1S/C23H29N5/c1-17-7-5-9-22(20(17)4)27-13-11-26(12-14-27)16-21-8-6-10-28(21)23-24-18(2)15-19(3)25-23/h5-10,15H,11-14,16H2,1-4H3. The maximum absolute atomic E-state index is 4.62. The van der Waals surface area contributed by atoms with Crippen LogP contribution in [0, 0.1) is 27.7 Å². The van der Waals surface area contributed by atoms with Gasteiger partial charge in [0.05, 0.1) is 0 Å². The van der Waals surface area contributed by atoms with E-state index in [4.69, 9.17) is 0 Å². The van der Waals surface area contributed by atoms with Gasteiger partial charge in [0.1, 0.15) is 0 Å². The van der Waals surface area contributed by atoms with Gasteiger partial charge >= 0.3 is 0 Å². The number of nitrogens with zero attached hydrogens (tertiary/aromatic N) is 5. The van der Waals surface area contributed by atoms with Gasteiger partial charge in [0.2, 0.25) is 5.95 Å². The first-order chi connectivity index (χ1) is 13.5. The second-order valence-corrected chi connectivity index (χ2v) is 7.80. The zero-order valence-corrected chi connectivity index (χ0v) is 17.3. The Bertz CT molecular complexity index is 947. The zero-order chi connectivity index (χ0) is 19.7. The van der Waals surface area contributed by atoms with Gasteiger partial charge in [-0.1, -0.05) is 12.1 Å². The molecule has 1 saturated heterocycles. The van der Waals surface area contributed by atoms with Crippen molar-refractivity contribution < 1.29 is 0 Å². The van der Waals surface area contributed by atoms with E-state index in [0.29, 0.717) is 0 Å². The molecule has 28 heavy (non-hydrogen) atoms. The lowest BCUT2D eigenvalue weighted by Gasteiger charge is -2.37. The van der Waals surface area contributed by atoms with E-state index in [1.165, 1.54) is 22.5 Å². The largest absolute Gasteiger partial charge is 0.369 e. The summed E-state index contributed by atoms with van der Waals surface area (Å²) in [6.07, 6.45) is 2.07. The lowest BCUT2D eigenvalue weighted by Crippen LogP contribution is -2.46. The summed E-state index contributed by atoms with van der Waals surface area (Å²) >= 11 is 0. The van der Waals surface area contributed by atoms with E-state index < -0.39 is 0 Å². The highest BCUT2D eigenvalue weighted by Gasteiger charge is 2.20. The van der Waals surface area contributed by atoms with Gasteiger partial charge in [-0.15, -0.1) is 0 Å². The lowest BCUT2D eigenvalue weighted by atomic mass is 10.1. The van der Waals surface area contributed by atoms with Crippen molar-refractivity contribution in [1.29, 1.82) is 0 Å². The van der Waals surface area contributed by atoms with Gasteiger partial charge in [0, 0.05) is 61.7 Å². The molecule has 1 aliphatic rings. The highest BCUT2D eigenvalue weighted by Crippen LogP contribution is 2.24. The van der Waals surface area contributed by atoms with Crippen molar-refractivity contribution in [2.45, 2.75) is 34.2 Å². The minimum Gasteiger partial charge on any atom is -0.369 e. The van der Waals surface area contributed by atoms with Crippen LogP contribution >= 0.6 is 0 Å². The van der Waals surface area contributed by atoms with E-state index in [9.17, 15) is 0 Å². The molecule has 1 aliphatic heterocycles. The molecule has 2 aromatic heterocycles. The third-order valence-corrected chi connectivity index (χ3v) is 5.69.